The molecule has 0 aliphatic carbocycles. The van der Waals surface area contributed by atoms with Crippen LogP contribution in [-0.4, -0.2) is 41.3 Å². The number of hydrogen-bond donors (Lipinski definition) is 2. The third-order valence-corrected chi connectivity index (χ3v) is 4.32. The minimum atomic E-state index is -0.135. The Morgan fingerprint density at radius 2 is 1.86 bits per heavy atom. The molecule has 21 heavy (non-hydrogen) atoms. The van der Waals surface area contributed by atoms with E-state index in [1.807, 2.05) is 17.0 Å². The van der Waals surface area contributed by atoms with Crippen molar-refractivity contribution >= 4 is 35.0 Å². The van der Waals surface area contributed by atoms with Crippen LogP contribution < -0.4 is 11.1 Å². The summed E-state index contributed by atoms with van der Waals surface area (Å²) in [7, 11) is 0. The van der Waals surface area contributed by atoms with E-state index < -0.39 is 0 Å². The predicted molar refractivity (Wildman–Crippen MR) is 87.2 cm³/mol. The van der Waals surface area contributed by atoms with Crippen LogP contribution in [0.2, 0.25) is 0 Å². The Morgan fingerprint density at radius 3 is 2.57 bits per heavy atom. The molecular weight excluding hydrogens is 286 g/mol. The first-order chi connectivity index (χ1) is 10.2. The Bertz CT molecular complexity index is 501. The van der Waals surface area contributed by atoms with Crippen LogP contribution in [0.15, 0.2) is 24.3 Å². The standard InChI is InChI=1S/C15H21N3O2S/c16-12-6-2-3-7-13(12)17-14(19)10-21-11-15(20)18-8-4-1-5-9-18/h2-3,6-7H,1,4-5,8-11,16H2,(H,17,19). The molecule has 3 N–H and O–H groups in total. The van der Waals surface area contributed by atoms with Crippen molar-refractivity contribution in [2.75, 3.05) is 35.6 Å². The molecule has 2 amide bonds. The molecule has 1 aromatic carbocycles. The molecule has 5 nitrogen and oxygen atoms in total. The smallest absolute Gasteiger partial charge is 0.234 e. The highest BCUT2D eigenvalue weighted by molar-refractivity contribution is 8.00. The number of carbonyl (C=O) groups is 2. The number of nitrogen functional groups attached to an aromatic ring is 1. The summed E-state index contributed by atoms with van der Waals surface area (Å²) < 4.78 is 0. The molecule has 6 heteroatoms. The normalized spacial score (nSPS) is 14.8. The number of benzene rings is 1. The number of likely N-dealkylation sites (tertiary alicyclic amines) is 1. The van der Waals surface area contributed by atoms with E-state index in [9.17, 15) is 9.59 Å². The largest absolute Gasteiger partial charge is 0.397 e. The molecule has 1 fully saturated rings. The monoisotopic (exact) mass is 307 g/mol. The molecule has 0 radical (unpaired) electrons. The van der Waals surface area contributed by atoms with Crippen molar-refractivity contribution in [2.24, 2.45) is 0 Å². The van der Waals surface area contributed by atoms with Gasteiger partial charge in [0.05, 0.1) is 22.9 Å². The van der Waals surface area contributed by atoms with Crippen molar-refractivity contribution in [3.05, 3.63) is 24.3 Å². The van der Waals surface area contributed by atoms with Gasteiger partial charge in [-0.1, -0.05) is 12.1 Å². The van der Waals surface area contributed by atoms with Crippen LogP contribution in [0, 0.1) is 0 Å². The molecule has 1 aromatic rings. The average molecular weight is 307 g/mol. The lowest BCUT2D eigenvalue weighted by molar-refractivity contribution is -0.129. The lowest BCUT2D eigenvalue weighted by Gasteiger charge is -2.26. The summed E-state index contributed by atoms with van der Waals surface area (Å²) in [6, 6.07) is 7.13. The third kappa shape index (κ3) is 4.97. The van der Waals surface area contributed by atoms with E-state index in [1.54, 1.807) is 12.1 Å². The molecule has 114 valence electrons. The van der Waals surface area contributed by atoms with Crippen molar-refractivity contribution in [3.63, 3.8) is 0 Å². The summed E-state index contributed by atoms with van der Waals surface area (Å²) in [6.07, 6.45) is 3.38. The molecule has 0 unspecified atom stereocenters. The first-order valence-electron chi connectivity index (χ1n) is 7.16. The van der Waals surface area contributed by atoms with Crippen LogP contribution in [0.5, 0.6) is 0 Å². The van der Waals surface area contributed by atoms with Gasteiger partial charge in [0, 0.05) is 13.1 Å². The van der Waals surface area contributed by atoms with Crippen molar-refractivity contribution in [3.8, 4) is 0 Å². The molecule has 0 spiro atoms. The molecule has 0 saturated carbocycles. The predicted octanol–water partition coefficient (Wildman–Crippen LogP) is 1.95. The van der Waals surface area contributed by atoms with E-state index >= 15 is 0 Å². The van der Waals surface area contributed by atoms with Gasteiger partial charge in [0.2, 0.25) is 11.8 Å². The SMILES string of the molecule is Nc1ccccc1NC(=O)CSCC(=O)N1CCCCC1. The maximum Gasteiger partial charge on any atom is 0.234 e. The molecule has 0 aromatic heterocycles. The number of amides is 2. The van der Waals surface area contributed by atoms with Gasteiger partial charge in [0.25, 0.3) is 0 Å². The van der Waals surface area contributed by atoms with Crippen molar-refractivity contribution in [1.82, 2.24) is 4.90 Å². The Hall–Kier alpha value is -1.69. The molecule has 1 heterocycles. The number of hydrogen-bond acceptors (Lipinski definition) is 4. The quantitative estimate of drug-likeness (QED) is 0.815. The number of rotatable bonds is 5. The minimum absolute atomic E-state index is 0.131. The van der Waals surface area contributed by atoms with E-state index in [0.717, 1.165) is 25.9 Å². The van der Waals surface area contributed by atoms with E-state index in [4.69, 9.17) is 5.73 Å². The second-order valence-electron chi connectivity index (χ2n) is 5.07. The number of nitrogens with zero attached hydrogens (tertiary/aromatic N) is 1. The van der Waals surface area contributed by atoms with E-state index in [-0.39, 0.29) is 17.6 Å². The Labute approximate surface area is 129 Å². The zero-order valence-corrected chi connectivity index (χ0v) is 12.8. The van der Waals surface area contributed by atoms with Gasteiger partial charge in [-0.25, -0.2) is 0 Å². The van der Waals surface area contributed by atoms with E-state index in [2.05, 4.69) is 5.32 Å². The van der Waals surface area contributed by atoms with Gasteiger partial charge in [0.15, 0.2) is 0 Å². The summed E-state index contributed by atoms with van der Waals surface area (Å²) in [6.45, 7) is 1.71. The molecule has 0 bridgehead atoms. The van der Waals surface area contributed by atoms with Gasteiger partial charge in [-0.15, -0.1) is 11.8 Å². The minimum Gasteiger partial charge on any atom is -0.397 e. The van der Waals surface area contributed by atoms with E-state index in [0.29, 0.717) is 17.1 Å². The van der Waals surface area contributed by atoms with Gasteiger partial charge in [0.1, 0.15) is 0 Å². The van der Waals surface area contributed by atoms with Crippen LogP contribution in [0.25, 0.3) is 0 Å². The molecule has 1 aliphatic rings. The summed E-state index contributed by atoms with van der Waals surface area (Å²) in [5.74, 6) is 0.613. The maximum atomic E-state index is 11.9. The van der Waals surface area contributed by atoms with Crippen molar-refractivity contribution < 1.29 is 9.59 Å². The first-order valence-corrected chi connectivity index (χ1v) is 8.32. The van der Waals surface area contributed by atoms with Gasteiger partial charge >= 0.3 is 0 Å². The van der Waals surface area contributed by atoms with Crippen LogP contribution in [0.1, 0.15) is 19.3 Å². The number of anilines is 2. The molecule has 1 aliphatic heterocycles. The van der Waals surface area contributed by atoms with Crippen LogP contribution in [0.3, 0.4) is 0 Å². The number of carbonyl (C=O) groups excluding carboxylic acids is 2. The first kappa shape index (κ1) is 15.7. The summed E-state index contributed by atoms with van der Waals surface area (Å²) in [5.41, 5.74) is 6.92. The summed E-state index contributed by atoms with van der Waals surface area (Å²) in [4.78, 5) is 25.6. The van der Waals surface area contributed by atoms with E-state index in [1.165, 1.54) is 18.2 Å². The highest BCUT2D eigenvalue weighted by atomic mass is 32.2. The molecular formula is C15H21N3O2S. The van der Waals surface area contributed by atoms with Gasteiger partial charge in [-0.3, -0.25) is 9.59 Å². The maximum absolute atomic E-state index is 11.9. The zero-order valence-electron chi connectivity index (χ0n) is 12.0. The van der Waals surface area contributed by atoms with Gasteiger partial charge in [-0.2, -0.15) is 0 Å². The molecule has 1 saturated heterocycles. The number of thioether (sulfide) groups is 1. The number of nitrogens with one attached hydrogen (secondary N) is 1. The van der Waals surface area contributed by atoms with Crippen LogP contribution in [-0.2, 0) is 9.59 Å². The van der Waals surface area contributed by atoms with Crippen LogP contribution in [0.4, 0.5) is 11.4 Å². The third-order valence-electron chi connectivity index (χ3n) is 3.40. The second kappa shape index (κ2) is 7.93. The zero-order chi connectivity index (χ0) is 15.1. The summed E-state index contributed by atoms with van der Waals surface area (Å²) in [5, 5.41) is 2.75. The highest BCUT2D eigenvalue weighted by Gasteiger charge is 2.16. The highest BCUT2D eigenvalue weighted by Crippen LogP contribution is 2.17. The lowest BCUT2D eigenvalue weighted by Crippen LogP contribution is -2.37. The van der Waals surface area contributed by atoms with Gasteiger partial charge < -0.3 is 16.0 Å². The second-order valence-corrected chi connectivity index (χ2v) is 6.06. The fraction of sp³-hybridized carbons (Fsp3) is 0.467. The summed E-state index contributed by atoms with van der Waals surface area (Å²) >= 11 is 1.34. The Kier molecular flexibility index (Phi) is 5.92. The fourth-order valence-electron chi connectivity index (χ4n) is 2.26. The van der Waals surface area contributed by atoms with Crippen molar-refractivity contribution in [1.29, 1.82) is 0 Å². The number of para-hydroxylation sites is 2. The van der Waals surface area contributed by atoms with Crippen molar-refractivity contribution in [2.45, 2.75) is 19.3 Å². The number of nitrogens with two attached hydrogens (primary N) is 1. The Morgan fingerprint density at radius 1 is 1.14 bits per heavy atom. The van der Waals surface area contributed by atoms with Crippen LogP contribution >= 0.6 is 11.8 Å². The molecule has 2 rings (SSSR count). The topological polar surface area (TPSA) is 75.4 Å². The molecule has 0 atom stereocenters. The Balaban J connectivity index is 1.69. The number of piperidine rings is 1. The van der Waals surface area contributed by atoms with Gasteiger partial charge in [-0.05, 0) is 31.4 Å². The fourth-order valence-corrected chi connectivity index (χ4v) is 2.98. The lowest BCUT2D eigenvalue weighted by atomic mass is 10.1. The average Bonchev–Trinajstić information content (AvgIpc) is 2.50.